The van der Waals surface area contributed by atoms with Crippen LogP contribution in [0.3, 0.4) is 0 Å². The van der Waals surface area contributed by atoms with E-state index in [0.717, 1.165) is 19.5 Å². The highest BCUT2D eigenvalue weighted by atomic mass is 16.4. The van der Waals surface area contributed by atoms with Gasteiger partial charge in [-0.1, -0.05) is 13.8 Å². The third-order valence-electron chi connectivity index (χ3n) is 3.31. The molecule has 110 valence electrons. The third-order valence-corrected chi connectivity index (χ3v) is 3.31. The molecule has 1 fully saturated rings. The molecule has 1 rings (SSSR count). The predicted octanol–water partition coefficient (Wildman–Crippen LogP) is 0.833. The third kappa shape index (κ3) is 5.46. The molecule has 0 spiro atoms. The largest absolute Gasteiger partial charge is 0.480 e. The van der Waals surface area contributed by atoms with Gasteiger partial charge in [-0.2, -0.15) is 0 Å². The van der Waals surface area contributed by atoms with Gasteiger partial charge in [-0.3, -0.25) is 0 Å². The van der Waals surface area contributed by atoms with E-state index in [1.807, 2.05) is 20.9 Å². The van der Waals surface area contributed by atoms with E-state index < -0.39 is 12.0 Å². The Kier molecular flexibility index (Phi) is 6.08. The molecule has 1 atom stereocenters. The van der Waals surface area contributed by atoms with Gasteiger partial charge in [0.15, 0.2) is 0 Å². The summed E-state index contributed by atoms with van der Waals surface area (Å²) in [5, 5.41) is 11.8. The molecule has 1 saturated heterocycles. The molecule has 1 heterocycles. The summed E-state index contributed by atoms with van der Waals surface area (Å²) in [4.78, 5) is 27.1. The summed E-state index contributed by atoms with van der Waals surface area (Å²) in [6.45, 7) is 7.03. The number of aliphatic carboxylic acids is 1. The van der Waals surface area contributed by atoms with Crippen LogP contribution in [0.5, 0.6) is 0 Å². The molecule has 0 bridgehead atoms. The van der Waals surface area contributed by atoms with Crippen molar-refractivity contribution in [1.29, 1.82) is 0 Å². The number of carboxylic acid groups (broad SMARTS) is 1. The van der Waals surface area contributed by atoms with Crippen molar-refractivity contribution >= 4 is 12.0 Å². The average molecular weight is 271 g/mol. The Bertz CT molecular complexity index is 320. The Morgan fingerprint density at radius 2 is 1.89 bits per heavy atom. The Balaban J connectivity index is 2.53. The zero-order valence-corrected chi connectivity index (χ0v) is 12.1. The van der Waals surface area contributed by atoms with Crippen molar-refractivity contribution < 1.29 is 14.7 Å². The van der Waals surface area contributed by atoms with E-state index in [-0.39, 0.29) is 11.9 Å². The minimum atomic E-state index is -0.964. The van der Waals surface area contributed by atoms with Crippen LogP contribution in [-0.2, 0) is 4.79 Å². The molecular weight excluding hydrogens is 246 g/mol. The molecule has 1 unspecified atom stereocenters. The van der Waals surface area contributed by atoms with Gasteiger partial charge in [0.1, 0.15) is 6.04 Å². The van der Waals surface area contributed by atoms with E-state index in [0.29, 0.717) is 19.5 Å². The molecule has 0 aromatic heterocycles. The Morgan fingerprint density at radius 1 is 1.21 bits per heavy atom. The number of nitrogens with one attached hydrogen (secondary N) is 1. The van der Waals surface area contributed by atoms with E-state index in [4.69, 9.17) is 5.11 Å². The number of rotatable bonds is 4. The Hall–Kier alpha value is -1.30. The number of carbonyl (C=O) groups is 2. The first-order chi connectivity index (χ1) is 8.90. The van der Waals surface area contributed by atoms with Gasteiger partial charge in [-0.25, -0.2) is 9.59 Å². The highest BCUT2D eigenvalue weighted by molar-refractivity contribution is 5.82. The standard InChI is InChI=1S/C13H25N3O3/c1-10(2)9-11(12(17)18)14-13(19)16-6-4-5-15(3)7-8-16/h10-11H,4-9H2,1-3H3,(H,14,19)(H,17,18). The first-order valence-corrected chi connectivity index (χ1v) is 6.87. The molecule has 6 nitrogen and oxygen atoms in total. The smallest absolute Gasteiger partial charge is 0.326 e. The van der Waals surface area contributed by atoms with Crippen LogP contribution < -0.4 is 5.32 Å². The molecule has 0 saturated carbocycles. The number of likely N-dealkylation sites (N-methyl/N-ethyl adjacent to an activating group) is 1. The number of carbonyl (C=O) groups excluding carboxylic acids is 1. The second-order valence-corrected chi connectivity index (χ2v) is 5.61. The Labute approximate surface area is 114 Å². The van der Waals surface area contributed by atoms with Gasteiger partial charge in [-0.15, -0.1) is 0 Å². The second-order valence-electron chi connectivity index (χ2n) is 5.61. The molecule has 2 N–H and O–H groups in total. The van der Waals surface area contributed by atoms with E-state index in [2.05, 4.69) is 10.2 Å². The molecule has 0 aliphatic carbocycles. The van der Waals surface area contributed by atoms with E-state index in [1.54, 1.807) is 4.90 Å². The molecule has 19 heavy (non-hydrogen) atoms. The molecule has 0 radical (unpaired) electrons. The summed E-state index contributed by atoms with van der Waals surface area (Å²) in [6.07, 6.45) is 1.38. The SMILES string of the molecule is CC(C)CC(NC(=O)N1CCCN(C)CC1)C(=O)O. The monoisotopic (exact) mass is 271 g/mol. The summed E-state index contributed by atoms with van der Waals surface area (Å²) in [5.41, 5.74) is 0. The highest BCUT2D eigenvalue weighted by Crippen LogP contribution is 2.07. The fourth-order valence-electron chi connectivity index (χ4n) is 2.18. The van der Waals surface area contributed by atoms with Crippen molar-refractivity contribution in [3.63, 3.8) is 0 Å². The zero-order chi connectivity index (χ0) is 14.4. The van der Waals surface area contributed by atoms with Crippen LogP contribution in [0.4, 0.5) is 4.79 Å². The molecule has 2 amide bonds. The van der Waals surface area contributed by atoms with E-state index in [1.165, 1.54) is 0 Å². The topological polar surface area (TPSA) is 72.9 Å². The summed E-state index contributed by atoms with van der Waals surface area (Å²) in [7, 11) is 2.03. The normalized spacial score (nSPS) is 19.1. The van der Waals surface area contributed by atoms with E-state index >= 15 is 0 Å². The van der Waals surface area contributed by atoms with Gasteiger partial charge in [0.2, 0.25) is 0 Å². The summed E-state index contributed by atoms with van der Waals surface area (Å²) in [6, 6.07) is -1.06. The fraction of sp³-hybridized carbons (Fsp3) is 0.846. The van der Waals surface area contributed by atoms with Gasteiger partial charge >= 0.3 is 12.0 Å². The average Bonchev–Trinajstić information content (AvgIpc) is 2.52. The lowest BCUT2D eigenvalue weighted by Gasteiger charge is -2.24. The highest BCUT2D eigenvalue weighted by Gasteiger charge is 2.24. The van der Waals surface area contributed by atoms with Crippen LogP contribution in [-0.4, -0.2) is 66.2 Å². The van der Waals surface area contributed by atoms with Crippen LogP contribution in [0.1, 0.15) is 26.7 Å². The van der Waals surface area contributed by atoms with Gasteiger partial charge in [-0.05, 0) is 32.4 Å². The first-order valence-electron chi connectivity index (χ1n) is 6.87. The molecular formula is C13H25N3O3. The minimum absolute atomic E-state index is 0.233. The van der Waals surface area contributed by atoms with Crippen molar-refractivity contribution in [2.24, 2.45) is 5.92 Å². The maximum absolute atomic E-state index is 12.1. The lowest BCUT2D eigenvalue weighted by Crippen LogP contribution is -2.49. The molecule has 1 aliphatic heterocycles. The summed E-state index contributed by atoms with van der Waals surface area (Å²) in [5.74, 6) is -0.731. The number of nitrogens with zero attached hydrogens (tertiary/aromatic N) is 2. The van der Waals surface area contributed by atoms with Crippen molar-refractivity contribution in [3.05, 3.63) is 0 Å². The predicted molar refractivity (Wildman–Crippen MR) is 73.1 cm³/mol. The maximum Gasteiger partial charge on any atom is 0.326 e. The molecule has 6 heteroatoms. The number of carboxylic acids is 1. The van der Waals surface area contributed by atoms with Crippen molar-refractivity contribution in [2.45, 2.75) is 32.7 Å². The van der Waals surface area contributed by atoms with Crippen LogP contribution in [0, 0.1) is 5.92 Å². The summed E-state index contributed by atoms with van der Waals surface area (Å²) >= 11 is 0. The van der Waals surface area contributed by atoms with Crippen molar-refractivity contribution in [1.82, 2.24) is 15.1 Å². The maximum atomic E-state index is 12.1. The van der Waals surface area contributed by atoms with Gasteiger partial charge in [0.05, 0.1) is 0 Å². The van der Waals surface area contributed by atoms with E-state index in [9.17, 15) is 9.59 Å². The van der Waals surface area contributed by atoms with Crippen LogP contribution >= 0.6 is 0 Å². The minimum Gasteiger partial charge on any atom is -0.480 e. The first kappa shape index (κ1) is 15.8. The fourth-order valence-corrected chi connectivity index (χ4v) is 2.18. The second kappa shape index (κ2) is 7.33. The molecule has 0 aromatic rings. The molecule has 1 aliphatic rings. The van der Waals surface area contributed by atoms with Gasteiger partial charge in [0.25, 0.3) is 0 Å². The van der Waals surface area contributed by atoms with Crippen LogP contribution in [0.2, 0.25) is 0 Å². The van der Waals surface area contributed by atoms with Crippen molar-refractivity contribution in [3.8, 4) is 0 Å². The van der Waals surface area contributed by atoms with Crippen LogP contribution in [0.25, 0.3) is 0 Å². The number of hydrogen-bond donors (Lipinski definition) is 2. The zero-order valence-electron chi connectivity index (χ0n) is 12.1. The lowest BCUT2D eigenvalue weighted by atomic mass is 10.0. The number of urea groups is 1. The van der Waals surface area contributed by atoms with Gasteiger partial charge in [0, 0.05) is 19.6 Å². The van der Waals surface area contributed by atoms with Crippen LogP contribution in [0.15, 0.2) is 0 Å². The Morgan fingerprint density at radius 3 is 2.47 bits per heavy atom. The number of hydrogen-bond acceptors (Lipinski definition) is 3. The quantitative estimate of drug-likeness (QED) is 0.794. The van der Waals surface area contributed by atoms with Crippen molar-refractivity contribution in [2.75, 3.05) is 33.2 Å². The lowest BCUT2D eigenvalue weighted by molar-refractivity contribution is -0.139. The van der Waals surface area contributed by atoms with Gasteiger partial charge < -0.3 is 20.2 Å². The molecule has 0 aromatic carbocycles. The summed E-state index contributed by atoms with van der Waals surface area (Å²) < 4.78 is 0. The number of amides is 2.